The van der Waals surface area contributed by atoms with Gasteiger partial charge in [0, 0.05) is 11.4 Å². The molecule has 2 atom stereocenters. The molecule has 14 heteroatoms. The Morgan fingerprint density at radius 2 is 1.00 bits per heavy atom. The molecule has 2 N–H and O–H groups in total. The summed E-state index contributed by atoms with van der Waals surface area (Å²) in [6.07, 6.45) is 0.0552. The van der Waals surface area contributed by atoms with E-state index in [9.17, 15) is 33.7 Å². The second kappa shape index (κ2) is 7.15. The van der Waals surface area contributed by atoms with Gasteiger partial charge >= 0.3 is 0 Å². The molecule has 0 aromatic heterocycles. The van der Waals surface area contributed by atoms with Crippen molar-refractivity contribution in [1.82, 2.24) is 0 Å². The summed E-state index contributed by atoms with van der Waals surface area (Å²) >= 11 is 0. The maximum absolute atomic E-state index is 12.3. The molecule has 2 aliphatic rings. The Hall–Kier alpha value is -1.38. The fourth-order valence-electron chi connectivity index (χ4n) is 3.11. The van der Waals surface area contributed by atoms with E-state index in [0.717, 1.165) is 0 Å². The van der Waals surface area contributed by atoms with Gasteiger partial charge in [0.15, 0.2) is 19.7 Å². The van der Waals surface area contributed by atoms with E-state index in [2.05, 4.69) is 9.44 Å². The molecule has 2 saturated heterocycles. The van der Waals surface area contributed by atoms with E-state index < -0.39 is 61.7 Å². The number of rotatable bonds is 6. The minimum Gasteiger partial charge on any atom is -0.283 e. The van der Waals surface area contributed by atoms with Crippen LogP contribution in [0, 0.1) is 0 Å². The number of sulfone groups is 2. The third-order valence-corrected chi connectivity index (χ3v) is 12.2. The van der Waals surface area contributed by atoms with Crippen LogP contribution in [0.25, 0.3) is 0 Å². The lowest BCUT2D eigenvalue weighted by atomic mass is 10.3. The van der Waals surface area contributed by atoms with E-state index in [4.69, 9.17) is 0 Å². The highest BCUT2D eigenvalue weighted by Crippen LogP contribution is 2.24. The van der Waals surface area contributed by atoms with Crippen molar-refractivity contribution in [2.75, 3.05) is 32.5 Å². The molecule has 28 heavy (non-hydrogen) atoms. The highest BCUT2D eigenvalue weighted by Gasteiger charge is 2.38. The van der Waals surface area contributed by atoms with Crippen molar-refractivity contribution in [3.8, 4) is 0 Å². The van der Waals surface area contributed by atoms with Gasteiger partial charge in [-0.1, -0.05) is 0 Å². The van der Waals surface area contributed by atoms with Crippen molar-refractivity contribution >= 4 is 51.1 Å². The van der Waals surface area contributed by atoms with Gasteiger partial charge in [0.1, 0.15) is 0 Å². The lowest BCUT2D eigenvalue weighted by molar-refractivity contribution is 0.586. The zero-order valence-electron chi connectivity index (χ0n) is 14.6. The maximum atomic E-state index is 12.3. The summed E-state index contributed by atoms with van der Waals surface area (Å²) in [5.74, 6) is -1.19. The van der Waals surface area contributed by atoms with E-state index in [0.29, 0.717) is 0 Å². The SMILES string of the molecule is O=S1(=O)CCC(S(=O)(=O)Nc2ccc(NS(=O)(=O)C3CCS(=O)(=O)C3)cc2)C1. The molecular formula is C14H20N2O8S4. The quantitative estimate of drug-likeness (QED) is 0.562. The van der Waals surface area contributed by atoms with E-state index >= 15 is 0 Å². The Bertz CT molecular complexity index is 1080. The molecule has 10 nitrogen and oxygen atoms in total. The predicted molar refractivity (Wildman–Crippen MR) is 106 cm³/mol. The average Bonchev–Trinajstić information content (AvgIpc) is 3.11. The van der Waals surface area contributed by atoms with Crippen molar-refractivity contribution < 1.29 is 33.7 Å². The monoisotopic (exact) mass is 472 g/mol. The highest BCUT2D eigenvalue weighted by atomic mass is 32.2. The molecule has 0 spiro atoms. The van der Waals surface area contributed by atoms with E-state index in [-0.39, 0.29) is 35.7 Å². The summed E-state index contributed by atoms with van der Waals surface area (Å²) in [5, 5.41) is -2.06. The molecule has 1 aromatic rings. The molecular weight excluding hydrogens is 452 g/mol. The zero-order valence-corrected chi connectivity index (χ0v) is 17.9. The first-order valence-electron chi connectivity index (χ1n) is 8.32. The van der Waals surface area contributed by atoms with Crippen molar-refractivity contribution in [3.63, 3.8) is 0 Å². The largest absolute Gasteiger partial charge is 0.283 e. The molecule has 2 heterocycles. The summed E-state index contributed by atoms with van der Waals surface area (Å²) in [5.41, 5.74) is 0.325. The van der Waals surface area contributed by atoms with E-state index in [1.54, 1.807) is 0 Å². The third-order valence-electron chi connectivity index (χ3n) is 4.66. The molecule has 0 bridgehead atoms. The van der Waals surface area contributed by atoms with Gasteiger partial charge in [-0.3, -0.25) is 9.44 Å². The van der Waals surface area contributed by atoms with Crippen LogP contribution < -0.4 is 9.44 Å². The second-order valence-corrected chi connectivity index (χ2v) is 15.3. The average molecular weight is 473 g/mol. The molecule has 2 fully saturated rings. The Morgan fingerprint density at radius 3 is 1.25 bits per heavy atom. The highest BCUT2D eigenvalue weighted by molar-refractivity contribution is 7.97. The third kappa shape index (κ3) is 4.96. The van der Waals surface area contributed by atoms with Gasteiger partial charge in [-0.05, 0) is 37.1 Å². The number of anilines is 2. The lowest BCUT2D eigenvalue weighted by Gasteiger charge is -2.14. The van der Waals surface area contributed by atoms with Crippen LogP contribution >= 0.6 is 0 Å². The molecule has 1 aromatic carbocycles. The minimum absolute atomic E-state index is 0.0276. The van der Waals surface area contributed by atoms with Crippen LogP contribution in [0.1, 0.15) is 12.8 Å². The number of hydrogen-bond donors (Lipinski definition) is 2. The first kappa shape index (κ1) is 21.3. The summed E-state index contributed by atoms with van der Waals surface area (Å²) in [6.45, 7) is 0. The van der Waals surface area contributed by atoms with E-state index in [1.165, 1.54) is 24.3 Å². The molecule has 3 rings (SSSR count). The molecule has 0 aliphatic carbocycles. The Labute approximate surface area is 164 Å². The maximum Gasteiger partial charge on any atom is 0.236 e. The minimum atomic E-state index is -3.89. The topological polar surface area (TPSA) is 161 Å². The Balaban J connectivity index is 1.67. The fraction of sp³-hybridized carbons (Fsp3) is 0.571. The van der Waals surface area contributed by atoms with Crippen LogP contribution in [-0.4, -0.2) is 67.2 Å². The van der Waals surface area contributed by atoms with Gasteiger partial charge in [-0.25, -0.2) is 33.7 Å². The van der Waals surface area contributed by atoms with Crippen LogP contribution in [0.2, 0.25) is 0 Å². The standard InChI is InChI=1S/C14H20N2O8S4/c17-25(18)7-5-13(9-25)27(21,22)15-11-1-2-12(4-3-11)16-28(23,24)14-6-8-26(19,20)10-14/h1-4,13-16H,5-10H2. The van der Waals surface area contributed by atoms with Gasteiger partial charge in [0.25, 0.3) is 0 Å². The Morgan fingerprint density at radius 1 is 0.679 bits per heavy atom. The number of hydrogen-bond acceptors (Lipinski definition) is 8. The molecule has 158 valence electrons. The number of nitrogens with one attached hydrogen (secondary N) is 2. The van der Waals surface area contributed by atoms with Crippen LogP contribution in [-0.2, 0) is 39.7 Å². The predicted octanol–water partition coefficient (Wildman–Crippen LogP) is -0.456. The summed E-state index contributed by atoms with van der Waals surface area (Å²) < 4.78 is 99.7. The van der Waals surface area contributed by atoms with Gasteiger partial charge in [-0.15, -0.1) is 0 Å². The number of sulfonamides is 2. The van der Waals surface area contributed by atoms with Crippen LogP contribution in [0.4, 0.5) is 11.4 Å². The normalized spacial score (nSPS) is 26.7. The summed E-state index contributed by atoms with van der Waals surface area (Å²) in [4.78, 5) is 0. The molecule has 0 saturated carbocycles. The Kier molecular flexibility index (Phi) is 5.44. The first-order valence-corrected chi connectivity index (χ1v) is 15.1. The van der Waals surface area contributed by atoms with Crippen LogP contribution in [0.15, 0.2) is 24.3 Å². The van der Waals surface area contributed by atoms with Crippen LogP contribution in [0.5, 0.6) is 0 Å². The van der Waals surface area contributed by atoms with Crippen molar-refractivity contribution in [3.05, 3.63) is 24.3 Å². The summed E-state index contributed by atoms with van der Waals surface area (Å²) in [6, 6.07) is 5.35. The smallest absolute Gasteiger partial charge is 0.236 e. The number of benzene rings is 1. The molecule has 0 amide bonds. The second-order valence-electron chi connectivity index (χ2n) is 6.92. The zero-order chi connectivity index (χ0) is 20.8. The van der Waals surface area contributed by atoms with Gasteiger partial charge in [-0.2, -0.15) is 0 Å². The van der Waals surface area contributed by atoms with Gasteiger partial charge < -0.3 is 0 Å². The molecule has 2 aliphatic heterocycles. The van der Waals surface area contributed by atoms with Gasteiger partial charge in [0.2, 0.25) is 20.0 Å². The van der Waals surface area contributed by atoms with Crippen molar-refractivity contribution in [2.45, 2.75) is 23.3 Å². The van der Waals surface area contributed by atoms with Crippen molar-refractivity contribution in [2.24, 2.45) is 0 Å². The summed E-state index contributed by atoms with van der Waals surface area (Å²) in [7, 11) is -14.5. The van der Waals surface area contributed by atoms with Crippen molar-refractivity contribution in [1.29, 1.82) is 0 Å². The van der Waals surface area contributed by atoms with E-state index in [1.807, 2.05) is 0 Å². The fourth-order valence-corrected chi connectivity index (χ4v) is 11.3. The van der Waals surface area contributed by atoms with Gasteiger partial charge in [0.05, 0.1) is 33.5 Å². The lowest BCUT2D eigenvalue weighted by Crippen LogP contribution is -2.29. The first-order chi connectivity index (χ1) is 12.8. The molecule has 2 unspecified atom stereocenters. The molecule has 0 radical (unpaired) electrons. The van der Waals surface area contributed by atoms with Crippen LogP contribution in [0.3, 0.4) is 0 Å².